The molecule has 2 heteroatoms. The van der Waals surface area contributed by atoms with E-state index in [1.165, 1.54) is 0 Å². The van der Waals surface area contributed by atoms with Crippen molar-refractivity contribution in [3.05, 3.63) is 0 Å². The highest BCUT2D eigenvalue weighted by Crippen LogP contribution is 2.33. The number of hydrogen-bond acceptors (Lipinski definition) is 2. The second-order valence-corrected chi connectivity index (χ2v) is 3.68. The lowest BCUT2D eigenvalue weighted by Gasteiger charge is -2.35. The third-order valence-corrected chi connectivity index (χ3v) is 2.86. The molecule has 0 unspecified atom stereocenters. The molecular formula is C10H18O2. The normalized spacial score (nSPS) is 22.7. The zero-order chi connectivity index (χ0) is 9.03. The van der Waals surface area contributed by atoms with E-state index in [9.17, 15) is 4.79 Å². The van der Waals surface area contributed by atoms with Crippen molar-refractivity contribution < 1.29 is 9.53 Å². The summed E-state index contributed by atoms with van der Waals surface area (Å²) in [5.41, 5.74) is 0.0304. The van der Waals surface area contributed by atoms with Gasteiger partial charge in [-0.05, 0) is 19.3 Å². The number of methoxy groups -OCH3 is 1. The lowest BCUT2D eigenvalue weighted by molar-refractivity contribution is -0.127. The molecule has 12 heavy (non-hydrogen) atoms. The molecule has 0 aromatic carbocycles. The highest BCUT2D eigenvalue weighted by molar-refractivity contribution is 5.79. The molecule has 0 heterocycles. The highest BCUT2D eigenvalue weighted by atomic mass is 16.5. The van der Waals surface area contributed by atoms with E-state index in [2.05, 4.69) is 6.92 Å². The molecule has 1 rings (SSSR count). The smallest absolute Gasteiger partial charge is 0.133 e. The van der Waals surface area contributed by atoms with Crippen LogP contribution < -0.4 is 0 Å². The zero-order valence-corrected chi connectivity index (χ0v) is 8.06. The van der Waals surface area contributed by atoms with Crippen LogP contribution in [0, 0.1) is 0 Å². The summed E-state index contributed by atoms with van der Waals surface area (Å²) in [5.74, 6) is 0.402. The molecule has 0 amide bonds. The van der Waals surface area contributed by atoms with Crippen molar-refractivity contribution in [2.75, 3.05) is 7.11 Å². The Morgan fingerprint density at radius 1 is 1.42 bits per heavy atom. The second-order valence-electron chi connectivity index (χ2n) is 3.68. The molecule has 1 fully saturated rings. The van der Waals surface area contributed by atoms with E-state index >= 15 is 0 Å². The first-order valence-corrected chi connectivity index (χ1v) is 4.79. The van der Waals surface area contributed by atoms with Crippen LogP contribution in [0.2, 0.25) is 0 Å². The molecule has 0 N–H and O–H groups in total. The monoisotopic (exact) mass is 170 g/mol. The Hall–Kier alpha value is -0.370. The molecule has 0 saturated heterocycles. The fourth-order valence-electron chi connectivity index (χ4n) is 2.00. The summed E-state index contributed by atoms with van der Waals surface area (Å²) in [4.78, 5) is 11.0. The Kier molecular flexibility index (Phi) is 3.27. The summed E-state index contributed by atoms with van der Waals surface area (Å²) >= 11 is 0. The third-order valence-electron chi connectivity index (χ3n) is 2.86. The molecule has 0 atom stereocenters. The van der Waals surface area contributed by atoms with E-state index in [1.807, 2.05) is 0 Å². The van der Waals surface area contributed by atoms with Crippen LogP contribution in [0.25, 0.3) is 0 Å². The van der Waals surface area contributed by atoms with Crippen molar-refractivity contribution in [2.24, 2.45) is 0 Å². The Bertz CT molecular complexity index is 153. The fraction of sp³-hybridized carbons (Fsp3) is 0.900. The van der Waals surface area contributed by atoms with Gasteiger partial charge in [0.1, 0.15) is 5.78 Å². The fourth-order valence-corrected chi connectivity index (χ4v) is 2.00. The molecule has 0 spiro atoms. The summed E-state index contributed by atoms with van der Waals surface area (Å²) in [6, 6.07) is 0. The van der Waals surface area contributed by atoms with Gasteiger partial charge in [-0.2, -0.15) is 0 Å². The standard InChI is InChI=1S/C10H18O2/c1-3-6-10(12-2)7-4-9(11)5-8-10/h3-8H2,1-2H3. The molecule has 0 radical (unpaired) electrons. The van der Waals surface area contributed by atoms with Gasteiger partial charge in [-0.3, -0.25) is 4.79 Å². The van der Waals surface area contributed by atoms with Crippen LogP contribution in [0.1, 0.15) is 45.4 Å². The molecule has 70 valence electrons. The first kappa shape index (κ1) is 9.72. The van der Waals surface area contributed by atoms with Crippen molar-refractivity contribution >= 4 is 5.78 Å². The van der Waals surface area contributed by atoms with E-state index < -0.39 is 0 Å². The van der Waals surface area contributed by atoms with Crippen molar-refractivity contribution in [2.45, 2.75) is 51.0 Å². The van der Waals surface area contributed by atoms with Crippen molar-refractivity contribution in [1.29, 1.82) is 0 Å². The number of Topliss-reactive ketones (excluding diaryl/α,β-unsaturated/α-hetero) is 1. The van der Waals surface area contributed by atoms with Gasteiger partial charge in [-0.15, -0.1) is 0 Å². The van der Waals surface area contributed by atoms with Crippen LogP contribution in [0.3, 0.4) is 0 Å². The zero-order valence-electron chi connectivity index (χ0n) is 8.06. The minimum Gasteiger partial charge on any atom is -0.378 e. The molecule has 1 aliphatic rings. The van der Waals surface area contributed by atoms with Crippen LogP contribution in [0.5, 0.6) is 0 Å². The van der Waals surface area contributed by atoms with Gasteiger partial charge in [0, 0.05) is 20.0 Å². The molecule has 1 aliphatic carbocycles. The molecule has 2 nitrogen and oxygen atoms in total. The van der Waals surface area contributed by atoms with Crippen molar-refractivity contribution in [3.8, 4) is 0 Å². The van der Waals surface area contributed by atoms with Crippen molar-refractivity contribution in [1.82, 2.24) is 0 Å². The van der Waals surface area contributed by atoms with Crippen molar-refractivity contribution in [3.63, 3.8) is 0 Å². The maximum Gasteiger partial charge on any atom is 0.133 e. The van der Waals surface area contributed by atoms with Gasteiger partial charge in [-0.25, -0.2) is 0 Å². The average Bonchev–Trinajstić information content (AvgIpc) is 2.10. The molecular weight excluding hydrogens is 152 g/mol. The lowest BCUT2D eigenvalue weighted by atomic mass is 9.81. The number of carbonyl (C=O) groups is 1. The first-order valence-electron chi connectivity index (χ1n) is 4.79. The molecule has 0 aliphatic heterocycles. The summed E-state index contributed by atoms with van der Waals surface area (Å²) in [6.45, 7) is 2.16. The summed E-state index contributed by atoms with van der Waals surface area (Å²) in [7, 11) is 1.77. The Balaban J connectivity index is 2.50. The van der Waals surface area contributed by atoms with E-state index in [0.29, 0.717) is 18.6 Å². The highest BCUT2D eigenvalue weighted by Gasteiger charge is 2.33. The molecule has 1 saturated carbocycles. The van der Waals surface area contributed by atoms with Gasteiger partial charge in [0.25, 0.3) is 0 Å². The van der Waals surface area contributed by atoms with Gasteiger partial charge in [0.2, 0.25) is 0 Å². The predicted octanol–water partition coefficient (Wildman–Crippen LogP) is 2.31. The summed E-state index contributed by atoms with van der Waals surface area (Å²) < 4.78 is 5.52. The molecule has 0 aromatic heterocycles. The van der Waals surface area contributed by atoms with E-state index in [0.717, 1.165) is 25.7 Å². The number of ether oxygens (including phenoxy) is 1. The third kappa shape index (κ3) is 2.07. The predicted molar refractivity (Wildman–Crippen MR) is 48.1 cm³/mol. The minimum absolute atomic E-state index is 0.0304. The van der Waals surface area contributed by atoms with E-state index in [1.54, 1.807) is 7.11 Å². The number of hydrogen-bond donors (Lipinski definition) is 0. The van der Waals surface area contributed by atoms with Crippen LogP contribution in [0.15, 0.2) is 0 Å². The minimum atomic E-state index is 0.0304. The van der Waals surface area contributed by atoms with Crippen LogP contribution in [-0.2, 0) is 9.53 Å². The van der Waals surface area contributed by atoms with E-state index in [4.69, 9.17) is 4.74 Å². The Labute approximate surface area is 74.3 Å². The van der Waals surface area contributed by atoms with Crippen LogP contribution in [-0.4, -0.2) is 18.5 Å². The maximum atomic E-state index is 11.0. The van der Waals surface area contributed by atoms with Gasteiger partial charge in [0.05, 0.1) is 5.60 Å². The summed E-state index contributed by atoms with van der Waals surface area (Å²) in [5, 5.41) is 0. The van der Waals surface area contributed by atoms with Crippen LogP contribution in [0.4, 0.5) is 0 Å². The van der Waals surface area contributed by atoms with E-state index in [-0.39, 0.29) is 5.60 Å². The number of carbonyl (C=O) groups excluding carboxylic acids is 1. The van der Waals surface area contributed by atoms with Gasteiger partial charge in [-0.1, -0.05) is 13.3 Å². The maximum absolute atomic E-state index is 11.0. The first-order chi connectivity index (χ1) is 5.72. The topological polar surface area (TPSA) is 26.3 Å². The number of rotatable bonds is 3. The van der Waals surface area contributed by atoms with Gasteiger partial charge >= 0.3 is 0 Å². The molecule has 0 bridgehead atoms. The lowest BCUT2D eigenvalue weighted by Crippen LogP contribution is -2.36. The molecule has 0 aromatic rings. The second kappa shape index (κ2) is 4.04. The average molecular weight is 170 g/mol. The SMILES string of the molecule is CCCC1(OC)CCC(=O)CC1. The van der Waals surface area contributed by atoms with Gasteiger partial charge in [0.15, 0.2) is 0 Å². The Morgan fingerprint density at radius 2 is 2.00 bits per heavy atom. The quantitative estimate of drug-likeness (QED) is 0.649. The van der Waals surface area contributed by atoms with Crippen LogP contribution >= 0.6 is 0 Å². The Morgan fingerprint density at radius 3 is 2.42 bits per heavy atom. The largest absolute Gasteiger partial charge is 0.378 e. The summed E-state index contributed by atoms with van der Waals surface area (Å²) in [6.07, 6.45) is 5.52. The van der Waals surface area contributed by atoms with Gasteiger partial charge < -0.3 is 4.74 Å². The number of ketones is 1.